The molecule has 130 valence electrons. The number of carbonyl (C=O) groups excluding carboxylic acids is 2. The van der Waals surface area contributed by atoms with E-state index in [9.17, 15) is 9.59 Å². The first kappa shape index (κ1) is 17.7. The molecule has 25 heavy (non-hydrogen) atoms. The normalized spacial score (nSPS) is 17.8. The van der Waals surface area contributed by atoms with E-state index in [0.717, 1.165) is 21.3 Å². The first-order chi connectivity index (χ1) is 11.9. The molecule has 1 atom stereocenters. The molecule has 0 spiro atoms. The minimum Gasteiger partial charge on any atom is -0.325 e. The number of halogens is 1. The Morgan fingerprint density at radius 2 is 1.76 bits per heavy atom. The molecule has 4 nitrogen and oxygen atoms in total. The van der Waals surface area contributed by atoms with Crippen LogP contribution in [0.4, 0.5) is 5.69 Å². The topological polar surface area (TPSA) is 40.6 Å². The van der Waals surface area contributed by atoms with Gasteiger partial charge in [-0.3, -0.25) is 9.59 Å². The number of anilines is 1. The minimum absolute atomic E-state index is 0.0367. The molecule has 1 aliphatic heterocycles. The lowest BCUT2D eigenvalue weighted by atomic mass is 10.1. The summed E-state index contributed by atoms with van der Waals surface area (Å²) in [6, 6.07) is 12.9. The van der Waals surface area contributed by atoms with E-state index in [-0.39, 0.29) is 11.8 Å². The third-order valence-electron chi connectivity index (χ3n) is 4.66. The van der Waals surface area contributed by atoms with Crippen molar-refractivity contribution < 1.29 is 9.59 Å². The van der Waals surface area contributed by atoms with Crippen molar-refractivity contribution in [2.45, 2.75) is 26.8 Å². The summed E-state index contributed by atoms with van der Waals surface area (Å²) < 4.78 is 0.924. The van der Waals surface area contributed by atoms with E-state index in [1.54, 1.807) is 28.9 Å². The fourth-order valence-corrected chi connectivity index (χ4v) is 3.42. The standard InChI is InChI=1S/C20H21BrN2O2/c1-13-4-5-14(2)18(12-13)23-11-10-22(15(3)19(23)24)20(25)16-6-8-17(21)9-7-16/h4-9,12,15H,10-11H2,1-3H3. The molecule has 5 heteroatoms. The van der Waals surface area contributed by atoms with Crippen molar-refractivity contribution in [1.82, 2.24) is 4.90 Å². The van der Waals surface area contributed by atoms with Crippen LogP contribution in [0.1, 0.15) is 28.4 Å². The van der Waals surface area contributed by atoms with Crippen molar-refractivity contribution in [3.63, 3.8) is 0 Å². The second-order valence-electron chi connectivity index (χ2n) is 6.46. The van der Waals surface area contributed by atoms with E-state index in [0.29, 0.717) is 18.7 Å². The van der Waals surface area contributed by atoms with Crippen molar-refractivity contribution in [2.24, 2.45) is 0 Å². The fraction of sp³-hybridized carbons (Fsp3) is 0.300. The number of rotatable bonds is 2. The molecule has 1 heterocycles. The SMILES string of the molecule is Cc1ccc(C)c(N2CCN(C(=O)c3ccc(Br)cc3)C(C)C2=O)c1. The molecule has 3 rings (SSSR count). The first-order valence-corrected chi connectivity index (χ1v) is 9.13. The molecule has 1 unspecified atom stereocenters. The zero-order chi connectivity index (χ0) is 18.1. The smallest absolute Gasteiger partial charge is 0.254 e. The number of piperazine rings is 1. The maximum atomic E-state index is 12.9. The molecule has 2 amide bonds. The van der Waals surface area contributed by atoms with Crippen LogP contribution in [-0.4, -0.2) is 35.8 Å². The summed E-state index contributed by atoms with van der Waals surface area (Å²) in [5.74, 6) is -0.139. The van der Waals surface area contributed by atoms with Gasteiger partial charge in [-0.25, -0.2) is 0 Å². The molecule has 1 saturated heterocycles. The highest BCUT2D eigenvalue weighted by Gasteiger charge is 2.35. The molecule has 0 radical (unpaired) electrons. The zero-order valence-electron chi connectivity index (χ0n) is 14.6. The molecule has 2 aromatic rings. The van der Waals surface area contributed by atoms with Crippen LogP contribution in [0.2, 0.25) is 0 Å². The van der Waals surface area contributed by atoms with E-state index >= 15 is 0 Å². The number of aryl methyl sites for hydroxylation is 2. The number of amides is 2. The van der Waals surface area contributed by atoms with Gasteiger partial charge in [-0.1, -0.05) is 28.1 Å². The van der Waals surface area contributed by atoms with Crippen molar-refractivity contribution in [3.05, 3.63) is 63.6 Å². The van der Waals surface area contributed by atoms with Crippen LogP contribution in [0.25, 0.3) is 0 Å². The van der Waals surface area contributed by atoms with Crippen LogP contribution in [0.5, 0.6) is 0 Å². The lowest BCUT2D eigenvalue weighted by Crippen LogP contribution is -2.58. The van der Waals surface area contributed by atoms with E-state index in [4.69, 9.17) is 0 Å². The van der Waals surface area contributed by atoms with Gasteiger partial charge in [0.1, 0.15) is 6.04 Å². The average Bonchev–Trinajstić information content (AvgIpc) is 2.60. The van der Waals surface area contributed by atoms with Crippen molar-refractivity contribution in [3.8, 4) is 0 Å². The highest BCUT2D eigenvalue weighted by atomic mass is 79.9. The van der Waals surface area contributed by atoms with E-state index in [2.05, 4.69) is 15.9 Å². The van der Waals surface area contributed by atoms with Gasteiger partial charge < -0.3 is 9.80 Å². The second-order valence-corrected chi connectivity index (χ2v) is 7.38. The van der Waals surface area contributed by atoms with Crippen molar-refractivity contribution >= 4 is 33.4 Å². The van der Waals surface area contributed by atoms with Gasteiger partial charge in [-0.05, 0) is 62.2 Å². The van der Waals surface area contributed by atoms with Gasteiger partial charge in [0.15, 0.2) is 0 Å². The lowest BCUT2D eigenvalue weighted by Gasteiger charge is -2.39. The molecule has 0 N–H and O–H groups in total. The Morgan fingerprint density at radius 1 is 1.08 bits per heavy atom. The van der Waals surface area contributed by atoms with Gasteiger partial charge in [0.2, 0.25) is 5.91 Å². The van der Waals surface area contributed by atoms with Crippen LogP contribution in [0.15, 0.2) is 46.9 Å². The quantitative estimate of drug-likeness (QED) is 0.765. The van der Waals surface area contributed by atoms with E-state index < -0.39 is 6.04 Å². The van der Waals surface area contributed by atoms with Gasteiger partial charge in [0, 0.05) is 28.8 Å². The summed E-state index contributed by atoms with van der Waals surface area (Å²) in [6.07, 6.45) is 0. The van der Waals surface area contributed by atoms with Crippen LogP contribution >= 0.6 is 15.9 Å². The monoisotopic (exact) mass is 400 g/mol. The third-order valence-corrected chi connectivity index (χ3v) is 5.19. The molecule has 1 fully saturated rings. The molecule has 2 aromatic carbocycles. The van der Waals surface area contributed by atoms with Gasteiger partial charge in [-0.15, -0.1) is 0 Å². The number of benzene rings is 2. The Morgan fingerprint density at radius 3 is 2.44 bits per heavy atom. The molecular weight excluding hydrogens is 380 g/mol. The zero-order valence-corrected chi connectivity index (χ0v) is 16.2. The predicted molar refractivity (Wildman–Crippen MR) is 103 cm³/mol. The summed E-state index contributed by atoms with van der Waals surface area (Å²) in [5.41, 5.74) is 3.73. The van der Waals surface area contributed by atoms with Crippen molar-refractivity contribution in [1.29, 1.82) is 0 Å². The van der Waals surface area contributed by atoms with Gasteiger partial charge in [0.05, 0.1) is 0 Å². The first-order valence-electron chi connectivity index (χ1n) is 8.33. The number of nitrogens with zero attached hydrogens (tertiary/aromatic N) is 2. The van der Waals surface area contributed by atoms with Crippen molar-refractivity contribution in [2.75, 3.05) is 18.0 Å². The van der Waals surface area contributed by atoms with Crippen LogP contribution < -0.4 is 4.90 Å². The predicted octanol–water partition coefficient (Wildman–Crippen LogP) is 3.94. The van der Waals surface area contributed by atoms with Gasteiger partial charge in [0.25, 0.3) is 5.91 Å². The summed E-state index contributed by atoms with van der Waals surface area (Å²) >= 11 is 3.37. The Labute approximate surface area is 156 Å². The molecule has 1 aliphatic rings. The molecule has 0 bridgehead atoms. The number of hydrogen-bond acceptors (Lipinski definition) is 2. The maximum Gasteiger partial charge on any atom is 0.254 e. The fourth-order valence-electron chi connectivity index (χ4n) is 3.16. The molecule has 0 saturated carbocycles. The van der Waals surface area contributed by atoms with Gasteiger partial charge in [-0.2, -0.15) is 0 Å². The largest absolute Gasteiger partial charge is 0.325 e. The molecule has 0 aromatic heterocycles. The lowest BCUT2D eigenvalue weighted by molar-refractivity contribution is -0.124. The van der Waals surface area contributed by atoms with E-state index in [1.165, 1.54) is 0 Å². The summed E-state index contributed by atoms with van der Waals surface area (Å²) in [7, 11) is 0. The molecule has 0 aliphatic carbocycles. The Balaban J connectivity index is 1.83. The van der Waals surface area contributed by atoms with Gasteiger partial charge >= 0.3 is 0 Å². The summed E-state index contributed by atoms with van der Waals surface area (Å²) in [6.45, 7) is 6.86. The van der Waals surface area contributed by atoms with Crippen LogP contribution in [0, 0.1) is 13.8 Å². The molecular formula is C20H21BrN2O2. The van der Waals surface area contributed by atoms with Crippen LogP contribution in [-0.2, 0) is 4.79 Å². The number of carbonyl (C=O) groups is 2. The Hall–Kier alpha value is -2.14. The minimum atomic E-state index is -0.482. The summed E-state index contributed by atoms with van der Waals surface area (Å²) in [5, 5.41) is 0. The second kappa shape index (κ2) is 7.00. The third kappa shape index (κ3) is 3.47. The average molecular weight is 401 g/mol. The summed E-state index contributed by atoms with van der Waals surface area (Å²) in [4.78, 5) is 29.1. The highest BCUT2D eigenvalue weighted by Crippen LogP contribution is 2.26. The Bertz CT molecular complexity index is 817. The van der Waals surface area contributed by atoms with Crippen LogP contribution in [0.3, 0.4) is 0 Å². The maximum absolute atomic E-state index is 12.9. The number of hydrogen-bond donors (Lipinski definition) is 0. The Kier molecular flexibility index (Phi) is 4.95. The highest BCUT2D eigenvalue weighted by molar-refractivity contribution is 9.10. The van der Waals surface area contributed by atoms with E-state index in [1.807, 2.05) is 44.2 Å².